The lowest BCUT2D eigenvalue weighted by molar-refractivity contribution is -0.308. The van der Waals surface area contributed by atoms with Gasteiger partial charge in [-0.2, -0.15) is 0 Å². The van der Waals surface area contributed by atoms with Gasteiger partial charge in [-0.1, -0.05) is 26.0 Å². The first-order chi connectivity index (χ1) is 11.0. The largest absolute Gasteiger partial charge is 0.548 e. The Morgan fingerprint density at radius 1 is 1.39 bits per heavy atom. The predicted octanol–water partition coefficient (Wildman–Crippen LogP) is 1.70. The molecule has 1 heterocycles. The lowest BCUT2D eigenvalue weighted by atomic mass is 9.79. The number of carboxylic acids is 1. The van der Waals surface area contributed by atoms with E-state index in [2.05, 4.69) is 5.32 Å². The van der Waals surface area contributed by atoms with Crippen LogP contribution in [0.1, 0.15) is 42.1 Å². The highest BCUT2D eigenvalue weighted by atomic mass is 16.5. The number of rotatable bonds is 4. The van der Waals surface area contributed by atoms with Crippen LogP contribution in [0.2, 0.25) is 0 Å². The highest BCUT2D eigenvalue weighted by Crippen LogP contribution is 2.44. The maximum atomic E-state index is 12.1. The molecule has 1 aromatic carbocycles. The van der Waals surface area contributed by atoms with E-state index in [-0.39, 0.29) is 23.7 Å². The molecule has 0 spiro atoms. The van der Waals surface area contributed by atoms with Gasteiger partial charge in [0.1, 0.15) is 0 Å². The van der Waals surface area contributed by atoms with Crippen LogP contribution in [0.4, 0.5) is 5.69 Å². The first-order valence-electron chi connectivity index (χ1n) is 7.92. The van der Waals surface area contributed by atoms with Gasteiger partial charge in [-0.3, -0.25) is 0 Å². The fourth-order valence-electron chi connectivity index (χ4n) is 3.28. The van der Waals surface area contributed by atoms with Crippen molar-refractivity contribution in [2.75, 3.05) is 11.9 Å². The summed E-state index contributed by atoms with van der Waals surface area (Å²) in [6.45, 7) is 4.35. The zero-order valence-corrected chi connectivity index (χ0v) is 13.2. The standard InChI is InChI=1S/C18H21NO4/c1-10(2)9-23-18(22)11-6-7-15-14(8-11)12-4-3-5-13(12)16(19-15)17(20)21/h3-4,6-8,10,12-13,16,19H,5,9H2,1-2H3,(H,20,21)/p-1/t12-,13+,16-/m0/s1. The summed E-state index contributed by atoms with van der Waals surface area (Å²) in [5.41, 5.74) is 2.19. The number of hydrogen-bond acceptors (Lipinski definition) is 5. The zero-order chi connectivity index (χ0) is 16.6. The van der Waals surface area contributed by atoms with E-state index in [0.29, 0.717) is 18.6 Å². The van der Waals surface area contributed by atoms with Crippen LogP contribution >= 0.6 is 0 Å². The lowest BCUT2D eigenvalue weighted by Crippen LogP contribution is -2.48. The van der Waals surface area contributed by atoms with Crippen LogP contribution in [0.3, 0.4) is 0 Å². The van der Waals surface area contributed by atoms with Gasteiger partial charge in [0.15, 0.2) is 0 Å². The SMILES string of the molecule is CC(C)COC(=O)c1ccc2c(c1)[C@H]1C=CC[C@H]1[C@@H](C(=O)[O-])N2. The summed E-state index contributed by atoms with van der Waals surface area (Å²) < 4.78 is 5.27. The molecule has 5 heteroatoms. The molecule has 1 aromatic rings. The number of carbonyl (C=O) groups is 2. The van der Waals surface area contributed by atoms with E-state index in [1.165, 1.54) is 0 Å². The number of carbonyl (C=O) groups excluding carboxylic acids is 2. The van der Waals surface area contributed by atoms with Crippen LogP contribution in [0.25, 0.3) is 0 Å². The molecule has 1 N–H and O–H groups in total. The normalized spacial score (nSPS) is 24.7. The smallest absolute Gasteiger partial charge is 0.338 e. The van der Waals surface area contributed by atoms with Crippen LogP contribution in [0.5, 0.6) is 0 Å². The van der Waals surface area contributed by atoms with Crippen molar-refractivity contribution in [3.8, 4) is 0 Å². The summed E-state index contributed by atoms with van der Waals surface area (Å²) in [6.07, 6.45) is 4.70. The molecule has 3 atom stereocenters. The van der Waals surface area contributed by atoms with Crippen LogP contribution in [0, 0.1) is 11.8 Å². The molecule has 0 aromatic heterocycles. The number of nitrogens with one attached hydrogen (secondary N) is 1. The molecule has 0 saturated heterocycles. The number of carboxylic acid groups (broad SMARTS) is 1. The maximum Gasteiger partial charge on any atom is 0.338 e. The van der Waals surface area contributed by atoms with Crippen molar-refractivity contribution in [3.63, 3.8) is 0 Å². The molecule has 0 unspecified atom stereocenters. The number of ether oxygens (including phenoxy) is 1. The van der Waals surface area contributed by atoms with Crippen molar-refractivity contribution in [1.82, 2.24) is 0 Å². The van der Waals surface area contributed by atoms with E-state index in [1.807, 2.05) is 32.1 Å². The van der Waals surface area contributed by atoms with E-state index in [9.17, 15) is 14.7 Å². The van der Waals surface area contributed by atoms with E-state index >= 15 is 0 Å². The molecule has 0 bridgehead atoms. The lowest BCUT2D eigenvalue weighted by Gasteiger charge is -2.37. The number of allylic oxidation sites excluding steroid dienone is 2. The third-order valence-electron chi connectivity index (χ3n) is 4.40. The second-order valence-corrected chi connectivity index (χ2v) is 6.59. The van der Waals surface area contributed by atoms with Crippen LogP contribution < -0.4 is 10.4 Å². The molecule has 23 heavy (non-hydrogen) atoms. The Balaban J connectivity index is 1.88. The molecule has 122 valence electrons. The van der Waals surface area contributed by atoms with Gasteiger partial charge in [-0.05, 0) is 42.0 Å². The van der Waals surface area contributed by atoms with Gasteiger partial charge in [-0.25, -0.2) is 4.79 Å². The predicted molar refractivity (Wildman–Crippen MR) is 84.0 cm³/mol. The Morgan fingerprint density at radius 2 is 2.17 bits per heavy atom. The minimum absolute atomic E-state index is 0.00741. The van der Waals surface area contributed by atoms with Crippen molar-refractivity contribution in [2.45, 2.75) is 32.2 Å². The molecule has 3 rings (SSSR count). The molecule has 0 saturated carbocycles. The molecule has 1 aliphatic carbocycles. The summed E-state index contributed by atoms with van der Waals surface area (Å²) in [6, 6.07) is 4.52. The Kier molecular flexibility index (Phi) is 4.11. The Labute approximate surface area is 135 Å². The van der Waals surface area contributed by atoms with Crippen LogP contribution in [-0.4, -0.2) is 24.6 Å². The Bertz CT molecular complexity index is 665. The summed E-state index contributed by atoms with van der Waals surface area (Å²) >= 11 is 0. The van der Waals surface area contributed by atoms with Gasteiger partial charge in [0.2, 0.25) is 0 Å². The zero-order valence-electron chi connectivity index (χ0n) is 13.2. The Hall–Kier alpha value is -2.30. The van der Waals surface area contributed by atoms with Crippen molar-refractivity contribution in [2.24, 2.45) is 11.8 Å². The molecule has 1 aliphatic heterocycles. The van der Waals surface area contributed by atoms with Crippen molar-refractivity contribution < 1.29 is 19.4 Å². The van der Waals surface area contributed by atoms with Crippen molar-refractivity contribution in [1.29, 1.82) is 0 Å². The van der Waals surface area contributed by atoms with Gasteiger partial charge in [-0.15, -0.1) is 0 Å². The molecular formula is C18H20NO4-. The van der Waals surface area contributed by atoms with Crippen molar-refractivity contribution >= 4 is 17.6 Å². The van der Waals surface area contributed by atoms with Gasteiger partial charge in [0, 0.05) is 11.6 Å². The van der Waals surface area contributed by atoms with Gasteiger partial charge >= 0.3 is 5.97 Å². The molecular weight excluding hydrogens is 294 g/mol. The molecule has 5 nitrogen and oxygen atoms in total. The van der Waals surface area contributed by atoms with Crippen LogP contribution in [-0.2, 0) is 9.53 Å². The van der Waals surface area contributed by atoms with Gasteiger partial charge in [0.05, 0.1) is 24.2 Å². The molecule has 0 amide bonds. The number of esters is 1. The third-order valence-corrected chi connectivity index (χ3v) is 4.40. The van der Waals surface area contributed by atoms with Gasteiger partial charge < -0.3 is 20.0 Å². The van der Waals surface area contributed by atoms with E-state index in [1.54, 1.807) is 12.1 Å². The number of benzene rings is 1. The average Bonchev–Trinajstić information content (AvgIpc) is 3.00. The maximum absolute atomic E-state index is 12.1. The minimum atomic E-state index is -1.09. The minimum Gasteiger partial charge on any atom is -0.548 e. The second kappa shape index (κ2) is 6.07. The fraction of sp³-hybridized carbons (Fsp3) is 0.444. The number of fused-ring (bicyclic) bond motifs is 3. The summed E-state index contributed by atoms with van der Waals surface area (Å²) in [5, 5.41) is 14.4. The van der Waals surface area contributed by atoms with Gasteiger partial charge in [0.25, 0.3) is 0 Å². The number of aliphatic carboxylic acids is 1. The highest BCUT2D eigenvalue weighted by molar-refractivity contribution is 5.91. The first kappa shape index (κ1) is 15.6. The number of anilines is 1. The van der Waals surface area contributed by atoms with E-state index < -0.39 is 12.0 Å². The highest BCUT2D eigenvalue weighted by Gasteiger charge is 2.38. The average molecular weight is 314 g/mol. The first-order valence-corrected chi connectivity index (χ1v) is 7.92. The molecule has 0 fully saturated rings. The monoisotopic (exact) mass is 314 g/mol. The fourth-order valence-corrected chi connectivity index (χ4v) is 3.28. The van der Waals surface area contributed by atoms with Crippen LogP contribution in [0.15, 0.2) is 30.4 Å². The summed E-state index contributed by atoms with van der Waals surface area (Å²) in [4.78, 5) is 23.5. The van der Waals surface area contributed by atoms with E-state index in [0.717, 1.165) is 11.3 Å². The molecule has 0 radical (unpaired) electrons. The number of hydrogen-bond donors (Lipinski definition) is 1. The molecule has 2 aliphatic rings. The van der Waals surface area contributed by atoms with E-state index in [4.69, 9.17) is 4.74 Å². The summed E-state index contributed by atoms with van der Waals surface area (Å²) in [7, 11) is 0. The Morgan fingerprint density at radius 3 is 2.87 bits per heavy atom. The quantitative estimate of drug-likeness (QED) is 0.676. The second-order valence-electron chi connectivity index (χ2n) is 6.59. The summed E-state index contributed by atoms with van der Waals surface area (Å²) in [5.74, 6) is -1.23. The van der Waals surface area contributed by atoms with Crippen molar-refractivity contribution in [3.05, 3.63) is 41.5 Å². The topological polar surface area (TPSA) is 78.5 Å². The third kappa shape index (κ3) is 2.96.